The highest BCUT2D eigenvalue weighted by molar-refractivity contribution is 7.89. The first-order valence-corrected chi connectivity index (χ1v) is 10.3. The Morgan fingerprint density at radius 1 is 1.18 bits per heavy atom. The number of halogens is 2. The van der Waals surface area contributed by atoms with E-state index < -0.39 is 26.6 Å². The van der Waals surface area contributed by atoms with E-state index in [0.717, 1.165) is 17.7 Å². The zero-order valence-corrected chi connectivity index (χ0v) is 16.2. The number of nitrogens with one attached hydrogen (secondary N) is 1. The van der Waals surface area contributed by atoms with Gasteiger partial charge in [0.25, 0.3) is 0 Å². The van der Waals surface area contributed by atoms with Gasteiger partial charge >= 0.3 is 0 Å². The summed E-state index contributed by atoms with van der Waals surface area (Å²) >= 11 is 0. The summed E-state index contributed by atoms with van der Waals surface area (Å²) in [5, 5.41) is 0. The van der Waals surface area contributed by atoms with Crippen LogP contribution in [0.1, 0.15) is 11.6 Å². The lowest BCUT2D eigenvalue weighted by atomic mass is 10.0. The van der Waals surface area contributed by atoms with Crippen molar-refractivity contribution >= 4 is 10.0 Å². The van der Waals surface area contributed by atoms with E-state index >= 15 is 0 Å². The Labute approximate surface area is 163 Å². The van der Waals surface area contributed by atoms with E-state index in [1.165, 1.54) is 0 Å². The number of sulfonamides is 1. The molecule has 0 aliphatic carbocycles. The molecule has 152 valence electrons. The van der Waals surface area contributed by atoms with Gasteiger partial charge in [-0.2, -0.15) is 0 Å². The number of methoxy groups -OCH3 is 1. The molecule has 1 aliphatic rings. The van der Waals surface area contributed by atoms with Crippen LogP contribution < -0.4 is 9.46 Å². The third kappa shape index (κ3) is 4.85. The van der Waals surface area contributed by atoms with E-state index in [2.05, 4.69) is 9.62 Å². The highest BCUT2D eigenvalue weighted by Gasteiger charge is 2.26. The van der Waals surface area contributed by atoms with Gasteiger partial charge in [-0.1, -0.05) is 12.1 Å². The quantitative estimate of drug-likeness (QED) is 0.756. The number of nitrogens with zero attached hydrogens (tertiary/aromatic N) is 1. The van der Waals surface area contributed by atoms with Gasteiger partial charge in [-0.3, -0.25) is 4.90 Å². The van der Waals surface area contributed by atoms with Crippen LogP contribution >= 0.6 is 0 Å². The normalized spacial score (nSPS) is 16.7. The van der Waals surface area contributed by atoms with Gasteiger partial charge in [-0.05, 0) is 29.8 Å². The molecule has 0 radical (unpaired) electrons. The molecule has 0 spiro atoms. The molecule has 2 aromatic rings. The maximum Gasteiger partial charge on any atom is 0.243 e. The average molecular weight is 412 g/mol. The van der Waals surface area contributed by atoms with Crippen LogP contribution in [-0.4, -0.2) is 53.3 Å². The second kappa shape index (κ2) is 8.95. The first kappa shape index (κ1) is 20.7. The Kier molecular flexibility index (Phi) is 6.61. The third-order valence-electron chi connectivity index (χ3n) is 4.62. The van der Waals surface area contributed by atoms with Crippen LogP contribution in [0.15, 0.2) is 47.4 Å². The number of hydrogen-bond donors (Lipinski definition) is 1. The zero-order valence-electron chi connectivity index (χ0n) is 15.4. The smallest absolute Gasteiger partial charge is 0.243 e. The fraction of sp³-hybridized carbons (Fsp3) is 0.368. The number of hydrogen-bond acceptors (Lipinski definition) is 5. The third-order valence-corrected chi connectivity index (χ3v) is 6.07. The fourth-order valence-corrected chi connectivity index (χ4v) is 4.25. The number of morpholine rings is 1. The predicted octanol–water partition coefficient (Wildman–Crippen LogP) is 2.33. The van der Waals surface area contributed by atoms with E-state index in [9.17, 15) is 17.2 Å². The minimum Gasteiger partial charge on any atom is -0.497 e. The van der Waals surface area contributed by atoms with Crippen LogP contribution in [0.3, 0.4) is 0 Å². The molecular formula is C19H22F2N2O4S. The number of rotatable bonds is 7. The van der Waals surface area contributed by atoms with Crippen LogP contribution in [0.4, 0.5) is 8.78 Å². The van der Waals surface area contributed by atoms with Crippen LogP contribution in [0.2, 0.25) is 0 Å². The molecule has 1 atom stereocenters. The SMILES string of the molecule is COc1cccc(C(CNS(=O)(=O)c2ccc(F)cc2F)N2CCOCC2)c1. The van der Waals surface area contributed by atoms with Crippen molar-refractivity contribution in [2.24, 2.45) is 0 Å². The minimum absolute atomic E-state index is 0.0202. The van der Waals surface area contributed by atoms with Crippen molar-refractivity contribution in [3.63, 3.8) is 0 Å². The van der Waals surface area contributed by atoms with Gasteiger partial charge in [-0.25, -0.2) is 21.9 Å². The van der Waals surface area contributed by atoms with Crippen molar-refractivity contribution in [2.45, 2.75) is 10.9 Å². The van der Waals surface area contributed by atoms with Gasteiger partial charge < -0.3 is 9.47 Å². The molecule has 0 saturated carbocycles. The molecule has 1 saturated heterocycles. The van der Waals surface area contributed by atoms with Crippen molar-refractivity contribution in [1.82, 2.24) is 9.62 Å². The molecule has 28 heavy (non-hydrogen) atoms. The molecule has 0 aromatic heterocycles. The molecule has 0 bridgehead atoms. The van der Waals surface area contributed by atoms with Gasteiger partial charge in [0.15, 0.2) is 0 Å². The molecular weight excluding hydrogens is 390 g/mol. The second-order valence-corrected chi connectivity index (χ2v) is 8.10. The summed E-state index contributed by atoms with van der Waals surface area (Å²) in [6, 6.07) is 9.45. The van der Waals surface area contributed by atoms with Crippen molar-refractivity contribution in [1.29, 1.82) is 0 Å². The zero-order chi connectivity index (χ0) is 20.1. The Bertz CT molecular complexity index is 918. The van der Waals surface area contributed by atoms with Gasteiger partial charge in [0, 0.05) is 31.7 Å². The highest BCUT2D eigenvalue weighted by atomic mass is 32.2. The van der Waals surface area contributed by atoms with Crippen LogP contribution in [0, 0.1) is 11.6 Å². The molecule has 2 aromatic carbocycles. The van der Waals surface area contributed by atoms with Crippen molar-refractivity contribution in [2.75, 3.05) is 40.0 Å². The average Bonchev–Trinajstić information content (AvgIpc) is 2.69. The Balaban J connectivity index is 1.84. The molecule has 6 nitrogen and oxygen atoms in total. The molecule has 1 aliphatic heterocycles. The van der Waals surface area contributed by atoms with Crippen LogP contribution in [0.25, 0.3) is 0 Å². The predicted molar refractivity (Wildman–Crippen MR) is 99.7 cm³/mol. The molecule has 3 rings (SSSR count). The molecule has 1 unspecified atom stereocenters. The number of benzene rings is 2. The van der Waals surface area contributed by atoms with Crippen molar-refractivity contribution in [3.05, 3.63) is 59.7 Å². The lowest BCUT2D eigenvalue weighted by molar-refractivity contribution is 0.0171. The van der Waals surface area contributed by atoms with Gasteiger partial charge in [0.05, 0.1) is 20.3 Å². The minimum atomic E-state index is -4.15. The Morgan fingerprint density at radius 3 is 2.61 bits per heavy atom. The standard InChI is InChI=1S/C19H22F2N2O4S/c1-26-16-4-2-3-14(11-16)18(23-7-9-27-10-8-23)13-22-28(24,25)19-6-5-15(20)12-17(19)21/h2-6,11-12,18,22H,7-10,13H2,1H3. The molecule has 1 N–H and O–H groups in total. The van der Waals surface area contributed by atoms with Crippen LogP contribution in [0.5, 0.6) is 5.75 Å². The monoisotopic (exact) mass is 412 g/mol. The Hall–Kier alpha value is -2.07. The lowest BCUT2D eigenvalue weighted by Gasteiger charge is -2.35. The van der Waals surface area contributed by atoms with Gasteiger partial charge in [0.1, 0.15) is 22.3 Å². The summed E-state index contributed by atoms with van der Waals surface area (Å²) in [6.45, 7) is 2.37. The molecule has 9 heteroatoms. The summed E-state index contributed by atoms with van der Waals surface area (Å²) in [6.07, 6.45) is 0. The summed E-state index contributed by atoms with van der Waals surface area (Å²) in [4.78, 5) is 1.52. The second-order valence-electron chi connectivity index (χ2n) is 6.37. The number of ether oxygens (including phenoxy) is 2. The first-order chi connectivity index (χ1) is 13.4. The van der Waals surface area contributed by atoms with Gasteiger partial charge in [0.2, 0.25) is 10.0 Å². The maximum absolute atomic E-state index is 13.9. The highest BCUT2D eigenvalue weighted by Crippen LogP contribution is 2.25. The first-order valence-electron chi connectivity index (χ1n) is 8.81. The van der Waals surface area contributed by atoms with E-state index in [1.54, 1.807) is 13.2 Å². The van der Waals surface area contributed by atoms with Crippen LogP contribution in [-0.2, 0) is 14.8 Å². The maximum atomic E-state index is 13.9. The van der Waals surface area contributed by atoms with Crippen molar-refractivity contribution < 1.29 is 26.7 Å². The molecule has 1 heterocycles. The van der Waals surface area contributed by atoms with E-state index in [-0.39, 0.29) is 12.6 Å². The lowest BCUT2D eigenvalue weighted by Crippen LogP contribution is -2.43. The summed E-state index contributed by atoms with van der Waals surface area (Å²) in [5.41, 5.74) is 0.864. The fourth-order valence-electron chi connectivity index (χ4n) is 3.16. The summed E-state index contributed by atoms with van der Waals surface area (Å²) in [7, 11) is -2.59. The topological polar surface area (TPSA) is 67.9 Å². The van der Waals surface area contributed by atoms with Crippen molar-refractivity contribution in [3.8, 4) is 5.75 Å². The van der Waals surface area contributed by atoms with Gasteiger partial charge in [-0.15, -0.1) is 0 Å². The largest absolute Gasteiger partial charge is 0.497 e. The molecule has 0 amide bonds. The van der Waals surface area contributed by atoms with E-state index in [1.807, 2.05) is 18.2 Å². The Morgan fingerprint density at radius 2 is 1.93 bits per heavy atom. The van der Waals surface area contributed by atoms with E-state index in [0.29, 0.717) is 38.1 Å². The van der Waals surface area contributed by atoms with E-state index in [4.69, 9.17) is 9.47 Å². The summed E-state index contributed by atoms with van der Waals surface area (Å²) < 4.78 is 65.3. The molecule has 1 fully saturated rings. The summed E-state index contributed by atoms with van der Waals surface area (Å²) in [5.74, 6) is -1.31.